The highest BCUT2D eigenvalue weighted by atomic mass is 16.5. The van der Waals surface area contributed by atoms with Gasteiger partial charge in [-0.15, -0.1) is 0 Å². The van der Waals surface area contributed by atoms with Gasteiger partial charge in [0, 0.05) is 0 Å². The first-order chi connectivity index (χ1) is 8.65. The van der Waals surface area contributed by atoms with Gasteiger partial charge in [-0.25, -0.2) is 0 Å². The summed E-state index contributed by atoms with van der Waals surface area (Å²) in [7, 11) is 3.21. The molecule has 1 aliphatic rings. The number of aliphatic carboxylic acids is 1. The summed E-state index contributed by atoms with van der Waals surface area (Å²) in [5.74, 6) is 0.829. The van der Waals surface area contributed by atoms with E-state index in [-0.39, 0.29) is 5.92 Å². The molecule has 18 heavy (non-hydrogen) atoms. The first-order valence-corrected chi connectivity index (χ1v) is 6.10. The zero-order valence-electron chi connectivity index (χ0n) is 10.7. The average molecular weight is 250 g/mol. The van der Waals surface area contributed by atoms with E-state index in [1.807, 2.05) is 18.2 Å². The van der Waals surface area contributed by atoms with Crippen molar-refractivity contribution in [3.8, 4) is 11.5 Å². The van der Waals surface area contributed by atoms with Crippen LogP contribution in [-0.2, 0) is 4.79 Å². The van der Waals surface area contributed by atoms with Crippen LogP contribution in [0.15, 0.2) is 18.2 Å². The molecule has 0 amide bonds. The highest BCUT2D eigenvalue weighted by molar-refractivity contribution is 5.70. The maximum atomic E-state index is 11.0. The van der Waals surface area contributed by atoms with Gasteiger partial charge in [-0.1, -0.05) is 6.07 Å². The Hall–Kier alpha value is -1.71. The lowest BCUT2D eigenvalue weighted by Gasteiger charge is -2.13. The van der Waals surface area contributed by atoms with Crippen LogP contribution in [-0.4, -0.2) is 25.3 Å². The van der Waals surface area contributed by atoms with Crippen LogP contribution in [0.5, 0.6) is 11.5 Å². The molecule has 4 nitrogen and oxygen atoms in total. The van der Waals surface area contributed by atoms with Crippen LogP contribution in [0.1, 0.15) is 30.7 Å². The lowest BCUT2D eigenvalue weighted by atomic mass is 9.96. The fraction of sp³-hybridized carbons (Fsp3) is 0.500. The predicted molar refractivity (Wildman–Crippen MR) is 67.3 cm³/mol. The summed E-state index contributed by atoms with van der Waals surface area (Å²) in [5.41, 5.74) is 1.14. The molecule has 2 rings (SSSR count). The minimum atomic E-state index is -0.682. The first-order valence-electron chi connectivity index (χ1n) is 6.10. The number of rotatable bonds is 4. The van der Waals surface area contributed by atoms with Crippen LogP contribution in [0.25, 0.3) is 0 Å². The molecule has 1 aromatic rings. The Kier molecular flexibility index (Phi) is 3.75. The second-order valence-corrected chi connectivity index (χ2v) is 4.66. The molecular weight excluding hydrogens is 232 g/mol. The molecule has 2 unspecified atom stereocenters. The number of benzene rings is 1. The minimum absolute atomic E-state index is 0.205. The molecule has 0 aromatic heterocycles. The van der Waals surface area contributed by atoms with Gasteiger partial charge in [0.2, 0.25) is 0 Å². The molecule has 0 bridgehead atoms. The van der Waals surface area contributed by atoms with Gasteiger partial charge in [0.1, 0.15) is 0 Å². The van der Waals surface area contributed by atoms with E-state index in [1.54, 1.807) is 14.2 Å². The highest BCUT2D eigenvalue weighted by Gasteiger charge is 2.30. The molecule has 1 fully saturated rings. The quantitative estimate of drug-likeness (QED) is 0.892. The summed E-state index contributed by atoms with van der Waals surface area (Å²) in [5, 5.41) is 9.02. The van der Waals surface area contributed by atoms with Crippen molar-refractivity contribution in [2.24, 2.45) is 5.92 Å². The van der Waals surface area contributed by atoms with E-state index in [4.69, 9.17) is 14.6 Å². The van der Waals surface area contributed by atoms with Crippen molar-refractivity contribution < 1.29 is 19.4 Å². The van der Waals surface area contributed by atoms with Crippen molar-refractivity contribution in [3.05, 3.63) is 23.8 Å². The number of hydrogen-bond donors (Lipinski definition) is 1. The van der Waals surface area contributed by atoms with E-state index in [1.165, 1.54) is 0 Å². The Morgan fingerprint density at radius 2 is 1.94 bits per heavy atom. The number of methoxy groups -OCH3 is 2. The number of carboxylic acids is 1. The zero-order chi connectivity index (χ0) is 13.1. The fourth-order valence-corrected chi connectivity index (χ4v) is 2.62. The Balaban J connectivity index is 2.17. The van der Waals surface area contributed by atoms with E-state index in [9.17, 15) is 4.79 Å². The van der Waals surface area contributed by atoms with Crippen LogP contribution in [0, 0.1) is 5.92 Å². The Bertz CT molecular complexity index is 441. The van der Waals surface area contributed by atoms with Gasteiger partial charge in [0.05, 0.1) is 20.1 Å². The SMILES string of the molecule is COc1ccc(C2CCC(C(=O)O)C2)cc1OC. The maximum Gasteiger partial charge on any atom is 0.306 e. The standard InChI is InChI=1S/C14H18O4/c1-17-12-6-5-10(8-13(12)18-2)9-3-4-11(7-9)14(15)16/h5-6,8-9,11H,3-4,7H2,1-2H3,(H,15,16). The number of carboxylic acid groups (broad SMARTS) is 1. The molecule has 0 saturated heterocycles. The topological polar surface area (TPSA) is 55.8 Å². The Morgan fingerprint density at radius 3 is 2.50 bits per heavy atom. The van der Waals surface area contributed by atoms with Gasteiger partial charge in [-0.05, 0) is 42.9 Å². The summed E-state index contributed by atoms with van der Waals surface area (Å²) in [6.45, 7) is 0. The molecule has 0 radical (unpaired) electrons. The van der Waals surface area contributed by atoms with E-state index in [2.05, 4.69) is 0 Å². The van der Waals surface area contributed by atoms with Crippen molar-refractivity contribution in [1.29, 1.82) is 0 Å². The van der Waals surface area contributed by atoms with Gasteiger partial charge < -0.3 is 14.6 Å². The van der Waals surface area contributed by atoms with Crippen LogP contribution in [0.2, 0.25) is 0 Å². The van der Waals surface area contributed by atoms with Gasteiger partial charge in [0.15, 0.2) is 11.5 Å². The maximum absolute atomic E-state index is 11.0. The zero-order valence-corrected chi connectivity index (χ0v) is 10.7. The van der Waals surface area contributed by atoms with Crippen molar-refractivity contribution in [2.75, 3.05) is 14.2 Å². The summed E-state index contributed by atoms with van der Waals surface area (Å²) in [6, 6.07) is 5.83. The van der Waals surface area contributed by atoms with Gasteiger partial charge in [-0.2, -0.15) is 0 Å². The smallest absolute Gasteiger partial charge is 0.306 e. The van der Waals surface area contributed by atoms with Crippen LogP contribution >= 0.6 is 0 Å². The molecule has 0 spiro atoms. The predicted octanol–water partition coefficient (Wildman–Crippen LogP) is 2.67. The lowest BCUT2D eigenvalue weighted by molar-refractivity contribution is -0.141. The molecule has 1 aromatic carbocycles. The second-order valence-electron chi connectivity index (χ2n) is 4.66. The van der Waals surface area contributed by atoms with Crippen LogP contribution in [0.3, 0.4) is 0 Å². The minimum Gasteiger partial charge on any atom is -0.493 e. The molecule has 1 saturated carbocycles. The number of ether oxygens (including phenoxy) is 2. The van der Waals surface area contributed by atoms with Crippen molar-refractivity contribution in [2.45, 2.75) is 25.2 Å². The van der Waals surface area contributed by atoms with E-state index < -0.39 is 5.97 Å². The third-order valence-electron chi connectivity index (χ3n) is 3.66. The molecular formula is C14H18O4. The summed E-state index contributed by atoms with van der Waals surface area (Å²) in [6.07, 6.45) is 2.39. The highest BCUT2D eigenvalue weighted by Crippen LogP contribution is 2.40. The van der Waals surface area contributed by atoms with E-state index in [0.717, 1.165) is 18.4 Å². The average Bonchev–Trinajstić information content (AvgIpc) is 2.87. The lowest BCUT2D eigenvalue weighted by Crippen LogP contribution is -2.09. The van der Waals surface area contributed by atoms with Crippen LogP contribution in [0.4, 0.5) is 0 Å². The number of carbonyl (C=O) groups is 1. The normalized spacial score (nSPS) is 22.8. The third kappa shape index (κ3) is 2.42. The summed E-state index contributed by atoms with van der Waals surface area (Å²) < 4.78 is 10.5. The second kappa shape index (κ2) is 5.29. The van der Waals surface area contributed by atoms with Crippen molar-refractivity contribution in [3.63, 3.8) is 0 Å². The molecule has 1 aliphatic carbocycles. The van der Waals surface area contributed by atoms with E-state index in [0.29, 0.717) is 23.8 Å². The Labute approximate surface area is 107 Å². The first kappa shape index (κ1) is 12.7. The van der Waals surface area contributed by atoms with Gasteiger partial charge in [-0.3, -0.25) is 4.79 Å². The fourth-order valence-electron chi connectivity index (χ4n) is 2.62. The molecule has 1 N–H and O–H groups in total. The summed E-state index contributed by atoms with van der Waals surface area (Å²) in [4.78, 5) is 11.0. The third-order valence-corrected chi connectivity index (χ3v) is 3.66. The van der Waals surface area contributed by atoms with Crippen molar-refractivity contribution in [1.82, 2.24) is 0 Å². The van der Waals surface area contributed by atoms with Gasteiger partial charge in [0.25, 0.3) is 0 Å². The Morgan fingerprint density at radius 1 is 1.22 bits per heavy atom. The number of hydrogen-bond acceptors (Lipinski definition) is 3. The van der Waals surface area contributed by atoms with Crippen LogP contribution < -0.4 is 9.47 Å². The molecule has 2 atom stereocenters. The van der Waals surface area contributed by atoms with Gasteiger partial charge >= 0.3 is 5.97 Å². The summed E-state index contributed by atoms with van der Waals surface area (Å²) >= 11 is 0. The molecule has 4 heteroatoms. The van der Waals surface area contributed by atoms with Crippen molar-refractivity contribution >= 4 is 5.97 Å². The molecule has 98 valence electrons. The largest absolute Gasteiger partial charge is 0.493 e. The van der Waals surface area contributed by atoms with E-state index >= 15 is 0 Å². The monoisotopic (exact) mass is 250 g/mol. The molecule has 0 aliphatic heterocycles. The molecule has 0 heterocycles.